The molecule has 0 spiro atoms. The molecule has 2 aromatic heterocycles. The molecule has 25 heavy (non-hydrogen) atoms. The van der Waals surface area contributed by atoms with Crippen LogP contribution in [0.15, 0.2) is 24.4 Å². The molecule has 3 aliphatic rings. The summed E-state index contributed by atoms with van der Waals surface area (Å²) in [5.41, 5.74) is 3.62. The van der Waals surface area contributed by atoms with Crippen LogP contribution in [0.5, 0.6) is 5.75 Å². The second-order valence-electron chi connectivity index (χ2n) is 7.07. The summed E-state index contributed by atoms with van der Waals surface area (Å²) in [7, 11) is 0. The molecule has 0 amide bonds. The number of pyridine rings is 2. The van der Waals surface area contributed by atoms with Gasteiger partial charge in [0.1, 0.15) is 6.61 Å². The molecule has 1 aliphatic heterocycles. The normalized spacial score (nSPS) is 19.3. The van der Waals surface area contributed by atoms with Crippen LogP contribution < -0.4 is 9.64 Å². The summed E-state index contributed by atoms with van der Waals surface area (Å²) in [5.74, 6) is 1.42. The second kappa shape index (κ2) is 5.44. The van der Waals surface area contributed by atoms with Gasteiger partial charge < -0.3 is 14.7 Å². The fourth-order valence-corrected chi connectivity index (χ4v) is 3.36. The van der Waals surface area contributed by atoms with Gasteiger partial charge >= 0.3 is 5.97 Å². The average molecular weight is 337 g/mol. The lowest BCUT2D eigenvalue weighted by atomic mass is 10.1. The molecular formula is C19H19N3O3. The fraction of sp³-hybridized carbons (Fsp3) is 0.421. The van der Waals surface area contributed by atoms with Gasteiger partial charge in [0.15, 0.2) is 11.6 Å². The minimum absolute atomic E-state index is 0.146. The van der Waals surface area contributed by atoms with Gasteiger partial charge in [-0.15, -0.1) is 0 Å². The highest BCUT2D eigenvalue weighted by atomic mass is 16.5. The zero-order chi connectivity index (χ0) is 17.0. The summed E-state index contributed by atoms with van der Waals surface area (Å²) >= 11 is 0. The highest BCUT2D eigenvalue weighted by Crippen LogP contribution is 2.46. The van der Waals surface area contributed by atoms with Crippen molar-refractivity contribution in [1.29, 1.82) is 0 Å². The van der Waals surface area contributed by atoms with Crippen molar-refractivity contribution in [3.63, 3.8) is 0 Å². The van der Waals surface area contributed by atoms with Crippen LogP contribution in [0.2, 0.25) is 0 Å². The maximum absolute atomic E-state index is 11.2. The third kappa shape index (κ3) is 2.71. The summed E-state index contributed by atoms with van der Waals surface area (Å²) in [6.07, 6.45) is 6.29. The molecule has 1 N–H and O–H groups in total. The molecule has 0 saturated heterocycles. The van der Waals surface area contributed by atoms with Crippen molar-refractivity contribution in [3.8, 4) is 5.75 Å². The molecule has 3 heterocycles. The van der Waals surface area contributed by atoms with Gasteiger partial charge in [0, 0.05) is 41.2 Å². The molecule has 2 saturated carbocycles. The van der Waals surface area contributed by atoms with Crippen molar-refractivity contribution >= 4 is 17.5 Å². The highest BCUT2D eigenvalue weighted by molar-refractivity contribution is 5.88. The molecular weight excluding hydrogens is 318 g/mol. The predicted molar refractivity (Wildman–Crippen MR) is 91.9 cm³/mol. The number of ether oxygens (including phenoxy) is 1. The molecule has 2 fully saturated rings. The lowest BCUT2D eigenvalue weighted by molar-refractivity contribution is 0.0696. The number of carboxylic acid groups (broad SMARTS) is 1. The quantitative estimate of drug-likeness (QED) is 0.921. The maximum atomic E-state index is 11.2. The van der Waals surface area contributed by atoms with Crippen LogP contribution >= 0.6 is 0 Å². The molecule has 6 heteroatoms. The van der Waals surface area contributed by atoms with Gasteiger partial charge in [-0.2, -0.15) is 0 Å². The monoisotopic (exact) mass is 337 g/mol. The first-order chi connectivity index (χ1) is 12.2. The zero-order valence-corrected chi connectivity index (χ0v) is 13.8. The van der Waals surface area contributed by atoms with Crippen LogP contribution in [-0.2, 0) is 0 Å². The Morgan fingerprint density at radius 1 is 1.12 bits per heavy atom. The molecule has 0 aromatic carbocycles. The number of nitrogens with zero attached hydrogens (tertiary/aromatic N) is 3. The Kier molecular flexibility index (Phi) is 3.20. The summed E-state index contributed by atoms with van der Waals surface area (Å²) < 4.78 is 5.66. The van der Waals surface area contributed by atoms with E-state index in [-0.39, 0.29) is 5.56 Å². The lowest BCUT2D eigenvalue weighted by Gasteiger charge is -2.30. The smallest absolute Gasteiger partial charge is 0.337 e. The number of aromatic carboxylic acids is 1. The molecule has 0 atom stereocenters. The number of anilines is 2. The van der Waals surface area contributed by atoms with Crippen molar-refractivity contribution in [2.45, 2.75) is 37.5 Å². The van der Waals surface area contributed by atoms with E-state index in [0.29, 0.717) is 36.6 Å². The molecule has 0 bridgehead atoms. The Morgan fingerprint density at radius 2 is 1.80 bits per heavy atom. The Labute approximate surface area is 145 Å². The third-order valence-electron chi connectivity index (χ3n) is 5.06. The minimum Gasteiger partial charge on any atom is -0.488 e. The number of aromatic nitrogens is 2. The van der Waals surface area contributed by atoms with Gasteiger partial charge in [-0.1, -0.05) is 0 Å². The summed E-state index contributed by atoms with van der Waals surface area (Å²) in [4.78, 5) is 22.6. The van der Waals surface area contributed by atoms with E-state index in [0.717, 1.165) is 5.69 Å². The molecule has 0 unspecified atom stereocenters. The van der Waals surface area contributed by atoms with E-state index in [1.807, 2.05) is 0 Å². The zero-order valence-electron chi connectivity index (χ0n) is 13.8. The highest BCUT2D eigenvalue weighted by Gasteiger charge is 2.32. The molecule has 128 valence electrons. The van der Waals surface area contributed by atoms with E-state index >= 15 is 0 Å². The van der Waals surface area contributed by atoms with E-state index in [9.17, 15) is 4.79 Å². The van der Waals surface area contributed by atoms with Crippen molar-refractivity contribution in [1.82, 2.24) is 9.97 Å². The number of rotatable bonds is 4. The van der Waals surface area contributed by atoms with Crippen LogP contribution in [0.25, 0.3) is 0 Å². The molecule has 2 aliphatic carbocycles. The first kappa shape index (κ1) is 14.7. The van der Waals surface area contributed by atoms with E-state index in [1.54, 1.807) is 6.07 Å². The van der Waals surface area contributed by atoms with Crippen LogP contribution in [0.4, 0.5) is 11.5 Å². The minimum atomic E-state index is -0.994. The maximum Gasteiger partial charge on any atom is 0.337 e. The van der Waals surface area contributed by atoms with Gasteiger partial charge in [0.2, 0.25) is 0 Å². The topological polar surface area (TPSA) is 75.6 Å². The van der Waals surface area contributed by atoms with E-state index < -0.39 is 5.97 Å². The van der Waals surface area contributed by atoms with E-state index in [4.69, 9.17) is 14.8 Å². The molecule has 2 aromatic rings. The van der Waals surface area contributed by atoms with Crippen molar-refractivity contribution in [2.24, 2.45) is 0 Å². The SMILES string of the molecule is O=C(O)c1cnc2c(c1)OCCN2c1cc(C2CC2)nc(C2CC2)c1. The molecule has 0 radical (unpaired) electrons. The fourth-order valence-electron chi connectivity index (χ4n) is 3.36. The van der Waals surface area contributed by atoms with Crippen molar-refractivity contribution in [2.75, 3.05) is 18.1 Å². The summed E-state index contributed by atoms with van der Waals surface area (Å²) in [6, 6.07) is 5.90. The second-order valence-corrected chi connectivity index (χ2v) is 7.07. The van der Waals surface area contributed by atoms with Gasteiger partial charge in [0.05, 0.1) is 12.1 Å². The summed E-state index contributed by atoms with van der Waals surface area (Å²) in [6.45, 7) is 1.21. The molecule has 5 rings (SSSR count). The Hall–Kier alpha value is -2.63. The van der Waals surface area contributed by atoms with Crippen LogP contribution in [-0.4, -0.2) is 34.2 Å². The largest absolute Gasteiger partial charge is 0.488 e. The van der Waals surface area contributed by atoms with Crippen LogP contribution in [0.1, 0.15) is 59.3 Å². The Morgan fingerprint density at radius 3 is 2.40 bits per heavy atom. The van der Waals surface area contributed by atoms with E-state index in [2.05, 4.69) is 22.0 Å². The van der Waals surface area contributed by atoms with Gasteiger partial charge in [0.25, 0.3) is 0 Å². The first-order valence-corrected chi connectivity index (χ1v) is 8.84. The number of fused-ring (bicyclic) bond motifs is 1. The van der Waals surface area contributed by atoms with Gasteiger partial charge in [-0.05, 0) is 37.8 Å². The van der Waals surface area contributed by atoms with Gasteiger partial charge in [-0.25, -0.2) is 9.78 Å². The molecule has 6 nitrogen and oxygen atoms in total. The Bertz CT molecular complexity index is 829. The predicted octanol–water partition coefficient (Wildman–Crippen LogP) is 3.46. The number of hydrogen-bond acceptors (Lipinski definition) is 5. The van der Waals surface area contributed by atoms with Crippen molar-refractivity contribution in [3.05, 3.63) is 41.3 Å². The standard InChI is InChI=1S/C19H19N3O3/c23-19(24)13-7-17-18(20-10-13)22(5-6-25-17)14-8-15(11-1-2-11)21-16(9-14)12-3-4-12/h7-12H,1-6H2,(H,23,24). The van der Waals surface area contributed by atoms with Crippen molar-refractivity contribution < 1.29 is 14.6 Å². The summed E-state index contributed by atoms with van der Waals surface area (Å²) in [5, 5.41) is 9.16. The Balaban J connectivity index is 1.57. The lowest BCUT2D eigenvalue weighted by Crippen LogP contribution is -2.30. The van der Waals surface area contributed by atoms with E-state index in [1.165, 1.54) is 43.3 Å². The number of hydrogen-bond donors (Lipinski definition) is 1. The number of carbonyl (C=O) groups is 1. The van der Waals surface area contributed by atoms with Gasteiger partial charge in [-0.3, -0.25) is 4.98 Å². The van der Waals surface area contributed by atoms with Crippen LogP contribution in [0.3, 0.4) is 0 Å². The third-order valence-corrected chi connectivity index (χ3v) is 5.06. The van der Waals surface area contributed by atoms with Crippen LogP contribution in [0, 0.1) is 0 Å². The average Bonchev–Trinajstić information content (AvgIpc) is 3.52. The first-order valence-electron chi connectivity index (χ1n) is 8.84. The number of carboxylic acids is 1.